The first-order valence-electron chi connectivity index (χ1n) is 7.12. The van der Waals surface area contributed by atoms with Gasteiger partial charge in [0.1, 0.15) is 5.82 Å². The Bertz CT molecular complexity index is 543. The summed E-state index contributed by atoms with van der Waals surface area (Å²) in [7, 11) is 0. The van der Waals surface area contributed by atoms with Crippen LogP contribution in [0.5, 0.6) is 0 Å². The molecule has 1 aliphatic carbocycles. The molecule has 0 saturated heterocycles. The second-order valence-corrected chi connectivity index (χ2v) is 6.44. The third kappa shape index (κ3) is 2.75. The lowest BCUT2D eigenvalue weighted by atomic mass is 9.92. The first-order valence-corrected chi connectivity index (χ1v) is 8.11. The van der Waals surface area contributed by atoms with Gasteiger partial charge >= 0.3 is 0 Å². The van der Waals surface area contributed by atoms with Crippen LogP contribution in [-0.4, -0.2) is 11.7 Å². The van der Waals surface area contributed by atoms with Crippen LogP contribution >= 0.6 is 11.8 Å². The Hall–Kier alpha value is -1.29. The van der Waals surface area contributed by atoms with Gasteiger partial charge in [-0.1, -0.05) is 24.3 Å². The lowest BCUT2D eigenvalue weighted by Gasteiger charge is -2.28. The predicted octanol–water partition coefficient (Wildman–Crippen LogP) is 3.84. The molecular weight excluding hydrogens is 273 g/mol. The van der Waals surface area contributed by atoms with Crippen LogP contribution in [0.3, 0.4) is 0 Å². The highest BCUT2D eigenvalue weighted by atomic mass is 32.2. The van der Waals surface area contributed by atoms with E-state index in [4.69, 9.17) is 0 Å². The molecule has 0 fully saturated rings. The van der Waals surface area contributed by atoms with E-state index in [1.165, 1.54) is 6.07 Å². The van der Waals surface area contributed by atoms with Gasteiger partial charge in [0.05, 0.1) is 6.04 Å². The maximum absolute atomic E-state index is 13.8. The normalized spacial score (nSPS) is 25.1. The summed E-state index contributed by atoms with van der Waals surface area (Å²) in [5.74, 6) is 0.865. The molecule has 1 amide bonds. The highest BCUT2D eigenvalue weighted by Gasteiger charge is 2.27. The summed E-state index contributed by atoms with van der Waals surface area (Å²) < 4.78 is 13.8. The van der Waals surface area contributed by atoms with Gasteiger partial charge in [0.15, 0.2) is 0 Å². The first-order chi connectivity index (χ1) is 9.75. The monoisotopic (exact) mass is 291 g/mol. The van der Waals surface area contributed by atoms with Gasteiger partial charge in [-0.25, -0.2) is 4.39 Å². The van der Waals surface area contributed by atoms with E-state index < -0.39 is 0 Å². The van der Waals surface area contributed by atoms with E-state index in [1.54, 1.807) is 17.8 Å². The van der Waals surface area contributed by atoms with Gasteiger partial charge in [-0.2, -0.15) is 0 Å². The number of hydrogen-bond acceptors (Lipinski definition) is 2. The van der Waals surface area contributed by atoms with Gasteiger partial charge in [-0.3, -0.25) is 4.79 Å². The van der Waals surface area contributed by atoms with Crippen molar-refractivity contribution < 1.29 is 9.18 Å². The highest BCUT2D eigenvalue weighted by Crippen LogP contribution is 2.38. The molecule has 1 aliphatic heterocycles. The SMILES string of the molecule is O=C(NC1CCSc2c(F)cccc21)C1CC=CCC1. The molecule has 2 unspecified atom stereocenters. The van der Waals surface area contributed by atoms with Crippen LogP contribution in [-0.2, 0) is 4.79 Å². The topological polar surface area (TPSA) is 29.1 Å². The van der Waals surface area contributed by atoms with Crippen LogP contribution in [0.1, 0.15) is 37.3 Å². The molecule has 0 aromatic heterocycles. The maximum Gasteiger partial charge on any atom is 0.223 e. The fourth-order valence-electron chi connectivity index (χ4n) is 2.86. The Labute approximate surface area is 122 Å². The van der Waals surface area contributed by atoms with Crippen molar-refractivity contribution in [2.45, 2.75) is 36.6 Å². The number of amides is 1. The number of halogens is 1. The van der Waals surface area contributed by atoms with Crippen molar-refractivity contribution in [3.63, 3.8) is 0 Å². The van der Waals surface area contributed by atoms with Crippen LogP contribution in [0, 0.1) is 11.7 Å². The van der Waals surface area contributed by atoms with E-state index in [0.717, 1.165) is 37.0 Å². The summed E-state index contributed by atoms with van der Waals surface area (Å²) in [6.07, 6.45) is 7.80. The number of allylic oxidation sites excluding steroid dienone is 2. The number of fused-ring (bicyclic) bond motifs is 1. The van der Waals surface area contributed by atoms with Crippen LogP contribution in [0.4, 0.5) is 4.39 Å². The molecule has 4 heteroatoms. The van der Waals surface area contributed by atoms with Crippen molar-refractivity contribution in [3.05, 3.63) is 41.7 Å². The zero-order chi connectivity index (χ0) is 13.9. The highest BCUT2D eigenvalue weighted by molar-refractivity contribution is 7.99. The van der Waals surface area contributed by atoms with E-state index in [2.05, 4.69) is 17.5 Å². The number of carbonyl (C=O) groups is 1. The Morgan fingerprint density at radius 2 is 2.20 bits per heavy atom. The number of carbonyl (C=O) groups excluding carboxylic acids is 1. The molecule has 20 heavy (non-hydrogen) atoms. The number of benzene rings is 1. The van der Waals surface area contributed by atoms with Crippen molar-refractivity contribution in [1.82, 2.24) is 5.32 Å². The van der Waals surface area contributed by atoms with Crippen molar-refractivity contribution in [3.8, 4) is 0 Å². The van der Waals surface area contributed by atoms with Crippen molar-refractivity contribution in [2.75, 3.05) is 5.75 Å². The first kappa shape index (κ1) is 13.7. The van der Waals surface area contributed by atoms with E-state index in [9.17, 15) is 9.18 Å². The quantitative estimate of drug-likeness (QED) is 0.839. The van der Waals surface area contributed by atoms with Gasteiger partial charge in [0, 0.05) is 16.6 Å². The molecule has 0 spiro atoms. The molecule has 1 aromatic carbocycles. The Morgan fingerprint density at radius 1 is 1.30 bits per heavy atom. The van der Waals surface area contributed by atoms with Gasteiger partial charge in [0.2, 0.25) is 5.91 Å². The number of nitrogens with one attached hydrogen (secondary N) is 1. The number of rotatable bonds is 2. The molecule has 1 aromatic rings. The standard InChI is InChI=1S/C16H18FNOS/c17-13-8-4-7-12-14(9-10-20-15(12)13)18-16(19)11-5-2-1-3-6-11/h1-2,4,7-8,11,14H,3,5-6,9-10H2,(H,18,19). The zero-order valence-electron chi connectivity index (χ0n) is 11.3. The Balaban J connectivity index is 1.74. The molecule has 2 atom stereocenters. The molecule has 0 bridgehead atoms. The fourth-order valence-corrected chi connectivity index (χ4v) is 4.00. The zero-order valence-corrected chi connectivity index (χ0v) is 12.1. The summed E-state index contributed by atoms with van der Waals surface area (Å²) in [6, 6.07) is 5.10. The number of thioether (sulfide) groups is 1. The van der Waals surface area contributed by atoms with Gasteiger partial charge in [-0.05, 0) is 37.3 Å². The molecule has 0 saturated carbocycles. The average Bonchev–Trinajstić information content (AvgIpc) is 2.49. The van der Waals surface area contributed by atoms with E-state index >= 15 is 0 Å². The lowest BCUT2D eigenvalue weighted by molar-refractivity contribution is -0.126. The largest absolute Gasteiger partial charge is 0.349 e. The minimum atomic E-state index is -0.174. The summed E-state index contributed by atoms with van der Waals surface area (Å²) in [5.41, 5.74) is 0.931. The van der Waals surface area contributed by atoms with E-state index in [1.807, 2.05) is 6.07 Å². The van der Waals surface area contributed by atoms with Crippen molar-refractivity contribution in [1.29, 1.82) is 0 Å². The lowest BCUT2D eigenvalue weighted by Crippen LogP contribution is -2.35. The summed E-state index contributed by atoms with van der Waals surface area (Å²) in [4.78, 5) is 13.0. The van der Waals surface area contributed by atoms with Gasteiger partial charge in [-0.15, -0.1) is 11.8 Å². The molecule has 2 aliphatic rings. The maximum atomic E-state index is 13.8. The van der Waals surface area contributed by atoms with Crippen molar-refractivity contribution in [2.24, 2.45) is 5.92 Å². The van der Waals surface area contributed by atoms with Crippen LogP contribution < -0.4 is 5.32 Å². The molecule has 1 heterocycles. The third-order valence-electron chi connectivity index (χ3n) is 3.98. The molecule has 0 radical (unpaired) electrons. The molecule has 3 rings (SSSR count). The smallest absolute Gasteiger partial charge is 0.223 e. The molecule has 106 valence electrons. The molecular formula is C16H18FNOS. The van der Waals surface area contributed by atoms with E-state index in [0.29, 0.717) is 4.90 Å². The summed E-state index contributed by atoms with van der Waals surface area (Å²) in [5, 5.41) is 3.12. The summed E-state index contributed by atoms with van der Waals surface area (Å²) >= 11 is 1.54. The molecule has 2 nitrogen and oxygen atoms in total. The Morgan fingerprint density at radius 3 is 3.00 bits per heavy atom. The van der Waals surface area contributed by atoms with E-state index in [-0.39, 0.29) is 23.7 Å². The van der Waals surface area contributed by atoms with Gasteiger partial charge < -0.3 is 5.32 Å². The minimum Gasteiger partial charge on any atom is -0.349 e. The van der Waals surface area contributed by atoms with Crippen LogP contribution in [0.2, 0.25) is 0 Å². The predicted molar refractivity (Wildman–Crippen MR) is 79.1 cm³/mol. The second kappa shape index (κ2) is 6.00. The molecule has 1 N–H and O–H groups in total. The third-order valence-corrected chi connectivity index (χ3v) is 5.14. The van der Waals surface area contributed by atoms with Gasteiger partial charge in [0.25, 0.3) is 0 Å². The Kier molecular flexibility index (Phi) is 4.10. The van der Waals surface area contributed by atoms with Crippen LogP contribution in [0.15, 0.2) is 35.2 Å². The summed E-state index contributed by atoms with van der Waals surface area (Å²) in [6.45, 7) is 0. The number of hydrogen-bond donors (Lipinski definition) is 1. The fraction of sp³-hybridized carbons (Fsp3) is 0.438. The van der Waals surface area contributed by atoms with Crippen molar-refractivity contribution >= 4 is 17.7 Å². The van der Waals surface area contributed by atoms with Crippen LogP contribution in [0.25, 0.3) is 0 Å². The minimum absolute atomic E-state index is 0.0413. The average molecular weight is 291 g/mol. The second-order valence-electron chi connectivity index (χ2n) is 5.34.